The number of aromatic nitrogens is 3. The van der Waals surface area contributed by atoms with Crippen molar-refractivity contribution in [3.05, 3.63) is 71.5 Å². The third-order valence-electron chi connectivity index (χ3n) is 5.62. The molecule has 3 aromatic rings. The summed E-state index contributed by atoms with van der Waals surface area (Å²) in [5.41, 5.74) is 2.22. The monoisotopic (exact) mass is 447 g/mol. The number of aliphatic hydroxyl groups is 1. The molecule has 0 aliphatic heterocycles. The van der Waals surface area contributed by atoms with Crippen LogP contribution in [0.2, 0.25) is 0 Å². The number of hydrogen-bond acceptors (Lipinski definition) is 6. The Morgan fingerprint density at radius 3 is 2.58 bits per heavy atom. The van der Waals surface area contributed by atoms with E-state index in [9.17, 15) is 19.8 Å². The Morgan fingerprint density at radius 1 is 1.21 bits per heavy atom. The number of aliphatic carboxylic acids is 1. The van der Waals surface area contributed by atoms with Crippen LogP contribution < -0.4 is 5.32 Å². The van der Waals surface area contributed by atoms with Crippen molar-refractivity contribution in [1.29, 1.82) is 5.26 Å². The Balaban J connectivity index is 1.81. The molecule has 33 heavy (non-hydrogen) atoms. The summed E-state index contributed by atoms with van der Waals surface area (Å²) in [6.45, 7) is 1.29. The van der Waals surface area contributed by atoms with Crippen LogP contribution in [-0.4, -0.2) is 50.1 Å². The average Bonchev–Trinajstić information content (AvgIpc) is 3.35. The number of hydrogen-bond donors (Lipinski definition) is 4. The number of carboxylic acid groups (broad SMARTS) is 1. The summed E-state index contributed by atoms with van der Waals surface area (Å²) in [7, 11) is 0. The number of nitriles is 1. The van der Waals surface area contributed by atoms with Crippen LogP contribution in [0.1, 0.15) is 41.4 Å². The number of carbonyl (C=O) groups excluding carboxylic acids is 1. The zero-order chi connectivity index (χ0) is 23.8. The fourth-order valence-electron chi connectivity index (χ4n) is 3.72. The highest BCUT2D eigenvalue weighted by Crippen LogP contribution is 2.29. The summed E-state index contributed by atoms with van der Waals surface area (Å²) in [4.78, 5) is 24.5. The largest absolute Gasteiger partial charge is 0.481 e. The first-order valence-electron chi connectivity index (χ1n) is 10.4. The summed E-state index contributed by atoms with van der Waals surface area (Å²) in [5, 5.41) is 40.9. The van der Waals surface area contributed by atoms with E-state index >= 15 is 0 Å². The van der Waals surface area contributed by atoms with Gasteiger partial charge in [-0.05, 0) is 55.0 Å². The van der Waals surface area contributed by atoms with Gasteiger partial charge in [0.25, 0.3) is 5.91 Å². The van der Waals surface area contributed by atoms with E-state index in [1.54, 1.807) is 13.0 Å². The van der Waals surface area contributed by atoms with E-state index in [-0.39, 0.29) is 25.1 Å². The molecule has 2 atom stereocenters. The van der Waals surface area contributed by atoms with Gasteiger partial charge in [0.1, 0.15) is 0 Å². The molecule has 0 saturated carbocycles. The second-order valence-corrected chi connectivity index (χ2v) is 8.16. The number of amides is 1. The molecule has 1 heterocycles. The number of carbonyl (C=O) groups is 2. The highest BCUT2D eigenvalue weighted by Gasteiger charge is 2.36. The molecule has 9 heteroatoms. The molecule has 3 rings (SSSR count). The number of benzene rings is 2. The summed E-state index contributed by atoms with van der Waals surface area (Å²) in [5.74, 6) is -1.50. The van der Waals surface area contributed by atoms with Gasteiger partial charge in [-0.1, -0.05) is 36.4 Å². The van der Waals surface area contributed by atoms with Crippen LogP contribution in [0.15, 0.2) is 54.7 Å². The maximum Gasteiger partial charge on any atom is 0.309 e. The van der Waals surface area contributed by atoms with Crippen LogP contribution in [0.3, 0.4) is 0 Å². The Morgan fingerprint density at radius 2 is 1.97 bits per heavy atom. The lowest BCUT2D eigenvalue weighted by atomic mass is 9.79. The highest BCUT2D eigenvalue weighted by atomic mass is 16.4. The van der Waals surface area contributed by atoms with Gasteiger partial charge in [-0.25, -0.2) is 0 Å². The van der Waals surface area contributed by atoms with E-state index in [1.807, 2.05) is 42.5 Å². The van der Waals surface area contributed by atoms with E-state index in [4.69, 9.17) is 5.26 Å². The number of aliphatic hydroxyl groups excluding tert-OH is 1. The number of aromatic amines is 1. The van der Waals surface area contributed by atoms with Gasteiger partial charge in [-0.3, -0.25) is 9.59 Å². The molecule has 0 spiro atoms. The van der Waals surface area contributed by atoms with Crippen molar-refractivity contribution in [2.24, 2.45) is 5.41 Å². The molecular weight excluding hydrogens is 422 g/mol. The molecule has 0 unspecified atom stereocenters. The maximum absolute atomic E-state index is 12.6. The standard InChI is InChI=1S/C24H25N5O4/c1-24(9-10-30,23(32)33)13-20(27-22(31)21-15-26-29-28-21)12-16-5-7-18(8-6-16)19-4-2-3-17(11-19)14-25/h2-8,11,15,20,30H,9-10,12-13H2,1H3,(H,27,31)(H,32,33)(H,26,28,29)/t20-,24-/m1/s1. The zero-order valence-corrected chi connectivity index (χ0v) is 18.2. The van der Waals surface area contributed by atoms with Crippen molar-refractivity contribution in [2.45, 2.75) is 32.2 Å². The van der Waals surface area contributed by atoms with Gasteiger partial charge < -0.3 is 15.5 Å². The number of rotatable bonds is 10. The Labute approximate surface area is 191 Å². The lowest BCUT2D eigenvalue weighted by Gasteiger charge is -2.29. The number of H-pyrrole nitrogens is 1. The summed E-state index contributed by atoms with van der Waals surface area (Å²) >= 11 is 0. The van der Waals surface area contributed by atoms with Crippen molar-refractivity contribution in [3.63, 3.8) is 0 Å². The van der Waals surface area contributed by atoms with Gasteiger partial charge in [-0.15, -0.1) is 0 Å². The van der Waals surface area contributed by atoms with Gasteiger partial charge >= 0.3 is 5.97 Å². The topological polar surface area (TPSA) is 152 Å². The fourth-order valence-corrected chi connectivity index (χ4v) is 3.72. The number of nitrogens with one attached hydrogen (secondary N) is 2. The molecule has 0 saturated heterocycles. The number of nitrogens with zero attached hydrogens (tertiary/aromatic N) is 3. The predicted molar refractivity (Wildman–Crippen MR) is 120 cm³/mol. The van der Waals surface area contributed by atoms with Crippen molar-refractivity contribution in [2.75, 3.05) is 6.61 Å². The van der Waals surface area contributed by atoms with Crippen LogP contribution in [0.4, 0.5) is 0 Å². The van der Waals surface area contributed by atoms with Crippen LogP contribution >= 0.6 is 0 Å². The van der Waals surface area contributed by atoms with Gasteiger partial charge in [-0.2, -0.15) is 20.7 Å². The van der Waals surface area contributed by atoms with Crippen molar-refractivity contribution in [3.8, 4) is 17.2 Å². The third kappa shape index (κ3) is 6.02. The van der Waals surface area contributed by atoms with E-state index in [0.717, 1.165) is 16.7 Å². The van der Waals surface area contributed by atoms with Gasteiger partial charge in [0, 0.05) is 12.6 Å². The van der Waals surface area contributed by atoms with Crippen molar-refractivity contribution in [1.82, 2.24) is 20.7 Å². The maximum atomic E-state index is 12.6. The summed E-state index contributed by atoms with van der Waals surface area (Å²) in [6, 6.07) is 16.6. The highest BCUT2D eigenvalue weighted by molar-refractivity contribution is 5.92. The van der Waals surface area contributed by atoms with Gasteiger partial charge in [0.2, 0.25) is 0 Å². The predicted octanol–water partition coefficient (Wildman–Crippen LogP) is 2.55. The van der Waals surface area contributed by atoms with Crippen LogP contribution in [0, 0.1) is 16.7 Å². The SMILES string of the molecule is C[C@@](CCO)(C[C@@H](Cc1ccc(-c2cccc(C#N)c2)cc1)NC(=O)c1cn[nH]n1)C(=O)O. The van der Waals surface area contributed by atoms with Crippen LogP contribution in [-0.2, 0) is 11.2 Å². The van der Waals surface area contributed by atoms with Crippen LogP contribution in [0.25, 0.3) is 11.1 Å². The van der Waals surface area contributed by atoms with Gasteiger partial charge in [0.15, 0.2) is 5.69 Å². The smallest absolute Gasteiger partial charge is 0.309 e. The Bertz CT molecular complexity index is 1140. The second kappa shape index (κ2) is 10.5. The lowest BCUT2D eigenvalue weighted by molar-refractivity contribution is -0.149. The molecule has 9 nitrogen and oxygen atoms in total. The molecule has 0 aliphatic carbocycles. The molecule has 1 amide bonds. The minimum atomic E-state index is -1.21. The van der Waals surface area contributed by atoms with Crippen molar-refractivity contribution >= 4 is 11.9 Å². The molecule has 0 radical (unpaired) electrons. The molecule has 170 valence electrons. The summed E-state index contributed by atoms with van der Waals surface area (Å²) < 4.78 is 0. The quantitative estimate of drug-likeness (QED) is 0.373. The lowest BCUT2D eigenvalue weighted by Crippen LogP contribution is -2.43. The molecule has 1 aromatic heterocycles. The average molecular weight is 447 g/mol. The van der Waals surface area contributed by atoms with E-state index in [0.29, 0.717) is 12.0 Å². The first-order chi connectivity index (χ1) is 15.8. The Kier molecular flexibility index (Phi) is 7.53. The minimum Gasteiger partial charge on any atom is -0.481 e. The van der Waals surface area contributed by atoms with E-state index in [2.05, 4.69) is 26.8 Å². The van der Waals surface area contributed by atoms with E-state index < -0.39 is 23.3 Å². The zero-order valence-electron chi connectivity index (χ0n) is 18.2. The van der Waals surface area contributed by atoms with E-state index in [1.165, 1.54) is 6.20 Å². The molecule has 4 N–H and O–H groups in total. The summed E-state index contributed by atoms with van der Waals surface area (Å²) in [6.07, 6.45) is 1.86. The molecular formula is C24H25N5O4. The molecule has 0 fully saturated rings. The Hall–Kier alpha value is -4.03. The minimum absolute atomic E-state index is 0.0623. The number of carboxylic acids is 1. The third-order valence-corrected chi connectivity index (χ3v) is 5.62. The van der Waals surface area contributed by atoms with Gasteiger partial charge in [0.05, 0.1) is 23.2 Å². The molecule has 0 aliphatic rings. The second-order valence-electron chi connectivity index (χ2n) is 8.16. The van der Waals surface area contributed by atoms with Crippen LogP contribution in [0.5, 0.6) is 0 Å². The first-order valence-corrected chi connectivity index (χ1v) is 10.4. The molecule has 2 aromatic carbocycles. The normalized spacial score (nSPS) is 13.5. The van der Waals surface area contributed by atoms with Crippen molar-refractivity contribution < 1.29 is 19.8 Å². The fraction of sp³-hybridized carbons (Fsp3) is 0.292. The first kappa shape index (κ1) is 23.6. The molecule has 0 bridgehead atoms.